The van der Waals surface area contributed by atoms with Gasteiger partial charge in [0.05, 0.1) is 17.6 Å². The summed E-state index contributed by atoms with van der Waals surface area (Å²) in [5, 5.41) is 2.80. The number of nitrogens with one attached hydrogen (secondary N) is 2. The Labute approximate surface area is 150 Å². The highest BCUT2D eigenvalue weighted by Gasteiger charge is 2.04. The summed E-state index contributed by atoms with van der Waals surface area (Å²) in [6.07, 6.45) is 3.78. The molecule has 0 spiro atoms. The molecule has 0 aliphatic rings. The fraction of sp³-hybridized carbons (Fsp3) is 0.200. The van der Waals surface area contributed by atoms with Gasteiger partial charge in [-0.15, -0.1) is 0 Å². The van der Waals surface area contributed by atoms with Gasteiger partial charge < -0.3 is 15.0 Å². The second-order valence-electron chi connectivity index (χ2n) is 5.72. The molecular formula is C20H20FN3O2. The topological polar surface area (TPSA) is 67.0 Å². The molecular weight excluding hydrogens is 333 g/mol. The van der Waals surface area contributed by atoms with Gasteiger partial charge in [0.15, 0.2) is 0 Å². The van der Waals surface area contributed by atoms with E-state index in [0.29, 0.717) is 36.4 Å². The number of carbonyl (C=O) groups is 1. The molecule has 6 heteroatoms. The quantitative estimate of drug-likeness (QED) is 0.639. The standard InChI is InChI=1S/C20H20FN3O2/c1-2-26-16-7-3-14(4-8-16)5-10-20(25)22-12-11-19-23-17-9-6-15(21)13-18(17)24-19/h3-10,13H,2,11-12H2,1H3,(H,22,25)(H,23,24)/b10-5+. The Kier molecular flexibility index (Phi) is 5.63. The summed E-state index contributed by atoms with van der Waals surface area (Å²) in [7, 11) is 0. The van der Waals surface area contributed by atoms with Crippen LogP contribution in [-0.2, 0) is 11.2 Å². The first kappa shape index (κ1) is 17.7. The van der Waals surface area contributed by atoms with E-state index < -0.39 is 0 Å². The van der Waals surface area contributed by atoms with Gasteiger partial charge in [0, 0.05) is 19.0 Å². The van der Waals surface area contributed by atoms with Gasteiger partial charge in [0.25, 0.3) is 0 Å². The van der Waals surface area contributed by atoms with E-state index >= 15 is 0 Å². The van der Waals surface area contributed by atoms with Crippen molar-refractivity contribution >= 4 is 23.0 Å². The lowest BCUT2D eigenvalue weighted by atomic mass is 10.2. The Balaban J connectivity index is 1.48. The highest BCUT2D eigenvalue weighted by atomic mass is 19.1. The van der Waals surface area contributed by atoms with Crippen molar-refractivity contribution in [1.82, 2.24) is 15.3 Å². The number of aromatic amines is 1. The maximum absolute atomic E-state index is 13.2. The molecule has 0 aliphatic carbocycles. The van der Waals surface area contributed by atoms with Crippen molar-refractivity contribution in [2.24, 2.45) is 0 Å². The number of fused-ring (bicyclic) bond motifs is 1. The van der Waals surface area contributed by atoms with Gasteiger partial charge in [-0.05, 0) is 48.9 Å². The smallest absolute Gasteiger partial charge is 0.244 e. The number of nitrogens with zero attached hydrogens (tertiary/aromatic N) is 1. The molecule has 0 saturated heterocycles. The first-order valence-corrected chi connectivity index (χ1v) is 8.47. The van der Waals surface area contributed by atoms with Gasteiger partial charge in [0.2, 0.25) is 5.91 Å². The van der Waals surface area contributed by atoms with E-state index in [-0.39, 0.29) is 11.7 Å². The fourth-order valence-corrected chi connectivity index (χ4v) is 2.53. The molecule has 1 aromatic heterocycles. The second-order valence-corrected chi connectivity index (χ2v) is 5.72. The van der Waals surface area contributed by atoms with E-state index in [2.05, 4.69) is 15.3 Å². The third-order valence-electron chi connectivity index (χ3n) is 3.77. The van der Waals surface area contributed by atoms with Gasteiger partial charge in [0.1, 0.15) is 17.4 Å². The number of ether oxygens (including phenoxy) is 1. The monoisotopic (exact) mass is 353 g/mol. The molecule has 2 aromatic carbocycles. The van der Waals surface area contributed by atoms with E-state index in [9.17, 15) is 9.18 Å². The number of imidazole rings is 1. The van der Waals surface area contributed by atoms with Crippen LogP contribution in [0, 0.1) is 5.82 Å². The lowest BCUT2D eigenvalue weighted by Crippen LogP contribution is -2.23. The van der Waals surface area contributed by atoms with Crippen LogP contribution in [0.15, 0.2) is 48.5 Å². The zero-order valence-corrected chi connectivity index (χ0v) is 14.5. The number of aromatic nitrogens is 2. The molecule has 0 fully saturated rings. The largest absolute Gasteiger partial charge is 0.494 e. The summed E-state index contributed by atoms with van der Waals surface area (Å²) >= 11 is 0. The van der Waals surface area contributed by atoms with Crippen LogP contribution in [0.2, 0.25) is 0 Å². The highest BCUT2D eigenvalue weighted by Crippen LogP contribution is 2.14. The molecule has 1 heterocycles. The number of benzene rings is 2. The molecule has 5 nitrogen and oxygen atoms in total. The molecule has 2 N–H and O–H groups in total. The lowest BCUT2D eigenvalue weighted by molar-refractivity contribution is -0.116. The molecule has 1 amide bonds. The molecule has 134 valence electrons. The normalized spacial score (nSPS) is 11.2. The molecule has 0 saturated carbocycles. The average Bonchev–Trinajstić information content (AvgIpc) is 3.03. The van der Waals surface area contributed by atoms with Gasteiger partial charge in [-0.3, -0.25) is 4.79 Å². The number of hydrogen-bond acceptors (Lipinski definition) is 3. The van der Waals surface area contributed by atoms with E-state index in [1.54, 1.807) is 12.1 Å². The molecule has 0 radical (unpaired) electrons. The van der Waals surface area contributed by atoms with E-state index in [1.165, 1.54) is 18.2 Å². The molecule has 3 aromatic rings. The van der Waals surface area contributed by atoms with Gasteiger partial charge in [-0.25, -0.2) is 9.37 Å². The SMILES string of the molecule is CCOc1ccc(/C=C/C(=O)NCCc2nc3ccc(F)cc3[nH]2)cc1. The summed E-state index contributed by atoms with van der Waals surface area (Å²) < 4.78 is 18.5. The minimum absolute atomic E-state index is 0.180. The maximum atomic E-state index is 13.2. The summed E-state index contributed by atoms with van der Waals surface area (Å²) in [5.74, 6) is 1.03. The molecule has 0 bridgehead atoms. The molecule has 26 heavy (non-hydrogen) atoms. The van der Waals surface area contributed by atoms with Crippen molar-refractivity contribution in [3.63, 3.8) is 0 Å². The molecule has 0 unspecified atom stereocenters. The van der Waals surface area contributed by atoms with E-state index in [0.717, 1.165) is 11.3 Å². The van der Waals surface area contributed by atoms with Crippen LogP contribution in [0.5, 0.6) is 5.75 Å². The predicted molar refractivity (Wildman–Crippen MR) is 99.4 cm³/mol. The number of hydrogen-bond donors (Lipinski definition) is 2. The summed E-state index contributed by atoms with van der Waals surface area (Å²) in [6.45, 7) is 2.99. The summed E-state index contributed by atoms with van der Waals surface area (Å²) in [6, 6.07) is 11.9. The van der Waals surface area contributed by atoms with Crippen LogP contribution in [0.3, 0.4) is 0 Å². The first-order chi connectivity index (χ1) is 12.6. The molecule has 3 rings (SSSR count). The number of amides is 1. The van der Waals surface area contributed by atoms with Gasteiger partial charge in [-0.1, -0.05) is 12.1 Å². The minimum atomic E-state index is -0.305. The van der Waals surface area contributed by atoms with Crippen LogP contribution >= 0.6 is 0 Å². The van der Waals surface area contributed by atoms with Crippen LogP contribution < -0.4 is 10.1 Å². The van der Waals surface area contributed by atoms with Gasteiger partial charge >= 0.3 is 0 Å². The van der Waals surface area contributed by atoms with Crippen molar-refractivity contribution in [3.8, 4) is 5.75 Å². The summed E-state index contributed by atoms with van der Waals surface area (Å²) in [4.78, 5) is 19.3. The minimum Gasteiger partial charge on any atom is -0.494 e. The Morgan fingerprint density at radius 2 is 2.08 bits per heavy atom. The summed E-state index contributed by atoms with van der Waals surface area (Å²) in [5.41, 5.74) is 2.28. The lowest BCUT2D eigenvalue weighted by Gasteiger charge is -2.02. The maximum Gasteiger partial charge on any atom is 0.244 e. The van der Waals surface area contributed by atoms with Crippen molar-refractivity contribution < 1.29 is 13.9 Å². The number of rotatable bonds is 7. The van der Waals surface area contributed by atoms with Crippen molar-refractivity contribution in [1.29, 1.82) is 0 Å². The zero-order valence-electron chi connectivity index (χ0n) is 14.5. The van der Waals surface area contributed by atoms with Crippen molar-refractivity contribution in [2.75, 3.05) is 13.2 Å². The van der Waals surface area contributed by atoms with Crippen LogP contribution in [0.25, 0.3) is 17.1 Å². The zero-order chi connectivity index (χ0) is 18.4. The number of halogens is 1. The fourth-order valence-electron chi connectivity index (χ4n) is 2.53. The van der Waals surface area contributed by atoms with Gasteiger partial charge in [-0.2, -0.15) is 0 Å². The first-order valence-electron chi connectivity index (χ1n) is 8.47. The van der Waals surface area contributed by atoms with E-state index in [4.69, 9.17) is 4.74 Å². The van der Waals surface area contributed by atoms with Crippen LogP contribution in [-0.4, -0.2) is 29.0 Å². The average molecular weight is 353 g/mol. The third kappa shape index (κ3) is 4.69. The van der Waals surface area contributed by atoms with Crippen LogP contribution in [0.1, 0.15) is 18.3 Å². The molecule has 0 aliphatic heterocycles. The Hall–Kier alpha value is -3.15. The van der Waals surface area contributed by atoms with Crippen LogP contribution in [0.4, 0.5) is 4.39 Å². The predicted octanol–water partition coefficient (Wildman–Crippen LogP) is 3.47. The van der Waals surface area contributed by atoms with E-state index in [1.807, 2.05) is 31.2 Å². The number of carbonyl (C=O) groups excluding carboxylic acids is 1. The Morgan fingerprint density at radius 1 is 1.27 bits per heavy atom. The van der Waals surface area contributed by atoms with Crippen molar-refractivity contribution in [3.05, 3.63) is 65.7 Å². The molecule has 0 atom stereocenters. The van der Waals surface area contributed by atoms with Crippen molar-refractivity contribution in [2.45, 2.75) is 13.3 Å². The second kappa shape index (κ2) is 8.29. The number of H-pyrrole nitrogens is 1. The highest BCUT2D eigenvalue weighted by molar-refractivity contribution is 5.91. The Bertz CT molecular complexity index is 916. The third-order valence-corrected chi connectivity index (χ3v) is 3.77. The Morgan fingerprint density at radius 3 is 2.85 bits per heavy atom.